The van der Waals surface area contributed by atoms with Gasteiger partial charge in [0.1, 0.15) is 0 Å². The molecule has 0 aromatic rings. The Balaban J connectivity index is 2.15. The van der Waals surface area contributed by atoms with E-state index in [4.69, 9.17) is 0 Å². The number of sulfone groups is 1. The molecule has 0 aromatic heterocycles. The quantitative estimate of drug-likeness (QED) is 0.865. The number of hydrogen-bond acceptors (Lipinski definition) is 3. The predicted octanol–water partition coefficient (Wildman–Crippen LogP) is 2.34. The van der Waals surface area contributed by atoms with E-state index in [1.54, 1.807) is 0 Å². The largest absolute Gasteiger partial charge is 0.481 e. The molecule has 2 aliphatic rings. The van der Waals surface area contributed by atoms with E-state index in [0.717, 1.165) is 12.8 Å². The molecular weight excluding hydrogens is 264 g/mol. The van der Waals surface area contributed by atoms with Crippen LogP contribution in [0.3, 0.4) is 0 Å². The molecule has 0 aromatic carbocycles. The van der Waals surface area contributed by atoms with Crippen LogP contribution in [0.5, 0.6) is 0 Å². The van der Waals surface area contributed by atoms with Gasteiger partial charge in [0.2, 0.25) is 0 Å². The zero-order chi connectivity index (χ0) is 14.3. The molecule has 0 spiro atoms. The van der Waals surface area contributed by atoms with Crippen LogP contribution in [0.4, 0.5) is 0 Å². The molecular formula is C14H24O4S. The Kier molecular flexibility index (Phi) is 3.96. The first-order chi connectivity index (χ1) is 8.77. The van der Waals surface area contributed by atoms with Crippen molar-refractivity contribution in [3.05, 3.63) is 0 Å². The fourth-order valence-corrected chi connectivity index (χ4v) is 5.76. The van der Waals surface area contributed by atoms with Crippen molar-refractivity contribution in [2.75, 3.05) is 11.5 Å². The van der Waals surface area contributed by atoms with Crippen LogP contribution < -0.4 is 0 Å². The molecule has 5 heteroatoms. The number of carboxylic acids is 1. The van der Waals surface area contributed by atoms with Crippen molar-refractivity contribution in [2.45, 2.75) is 46.0 Å². The normalized spacial score (nSPS) is 38.5. The maximum absolute atomic E-state index is 11.8. The van der Waals surface area contributed by atoms with Crippen molar-refractivity contribution < 1.29 is 18.3 Å². The van der Waals surface area contributed by atoms with Crippen molar-refractivity contribution >= 4 is 15.8 Å². The molecule has 1 aliphatic heterocycles. The van der Waals surface area contributed by atoms with Gasteiger partial charge in [-0.2, -0.15) is 0 Å². The first kappa shape index (κ1) is 14.8. The summed E-state index contributed by atoms with van der Waals surface area (Å²) in [5.41, 5.74) is -0.783. The van der Waals surface area contributed by atoms with Gasteiger partial charge in [-0.15, -0.1) is 0 Å². The van der Waals surface area contributed by atoms with Crippen LogP contribution in [0.15, 0.2) is 0 Å². The van der Waals surface area contributed by atoms with E-state index >= 15 is 0 Å². The lowest BCUT2D eigenvalue weighted by molar-refractivity contribution is -0.155. The minimum absolute atomic E-state index is 0.0750. The second-order valence-electron chi connectivity index (χ2n) is 6.64. The molecule has 0 amide bonds. The molecule has 4 nitrogen and oxygen atoms in total. The van der Waals surface area contributed by atoms with E-state index in [9.17, 15) is 18.3 Å². The second-order valence-corrected chi connectivity index (χ2v) is 8.87. The molecule has 0 bridgehead atoms. The minimum Gasteiger partial charge on any atom is -0.481 e. The van der Waals surface area contributed by atoms with Gasteiger partial charge < -0.3 is 5.11 Å². The van der Waals surface area contributed by atoms with Gasteiger partial charge in [-0.1, -0.05) is 13.8 Å². The van der Waals surface area contributed by atoms with Crippen LogP contribution in [-0.4, -0.2) is 31.0 Å². The third kappa shape index (κ3) is 2.81. The Labute approximate surface area is 115 Å². The highest BCUT2D eigenvalue weighted by atomic mass is 32.2. The Morgan fingerprint density at radius 2 is 1.79 bits per heavy atom. The Bertz CT molecular complexity index is 444. The highest BCUT2D eigenvalue weighted by Gasteiger charge is 2.51. The van der Waals surface area contributed by atoms with Crippen molar-refractivity contribution in [1.29, 1.82) is 0 Å². The fourth-order valence-electron chi connectivity index (χ4n) is 3.85. The van der Waals surface area contributed by atoms with Crippen molar-refractivity contribution in [2.24, 2.45) is 23.2 Å². The van der Waals surface area contributed by atoms with Crippen molar-refractivity contribution in [1.82, 2.24) is 0 Å². The molecule has 1 N–H and O–H groups in total. The monoisotopic (exact) mass is 288 g/mol. The number of hydrogen-bond donors (Lipinski definition) is 1. The maximum atomic E-state index is 11.8. The topological polar surface area (TPSA) is 71.4 Å². The summed E-state index contributed by atoms with van der Waals surface area (Å²) in [6, 6.07) is 0. The highest BCUT2D eigenvalue weighted by Crippen LogP contribution is 2.49. The summed E-state index contributed by atoms with van der Waals surface area (Å²) < 4.78 is 23.3. The molecule has 110 valence electrons. The summed E-state index contributed by atoms with van der Waals surface area (Å²) in [4.78, 5) is 11.8. The summed E-state index contributed by atoms with van der Waals surface area (Å²) in [7, 11) is -3.01. The Morgan fingerprint density at radius 1 is 1.21 bits per heavy atom. The van der Waals surface area contributed by atoms with Crippen molar-refractivity contribution in [3.8, 4) is 0 Å². The Morgan fingerprint density at radius 3 is 2.16 bits per heavy atom. The second kappa shape index (κ2) is 5.08. The molecule has 1 atom stereocenters. The van der Waals surface area contributed by atoms with Crippen LogP contribution in [0.1, 0.15) is 46.0 Å². The standard InChI is InChI=1S/C14H24O4S/c1-10(2)11-3-6-14(7-4-11,13(15)16)12-5-8-19(17,18)9-12/h10-12H,3-9H2,1-2H3,(H,15,16). The van der Waals surface area contributed by atoms with Crippen molar-refractivity contribution in [3.63, 3.8) is 0 Å². The molecule has 1 aliphatic carbocycles. The van der Waals surface area contributed by atoms with Crippen LogP contribution in [0.25, 0.3) is 0 Å². The van der Waals surface area contributed by atoms with E-state index in [-0.39, 0.29) is 17.4 Å². The van der Waals surface area contributed by atoms with Crippen LogP contribution in [-0.2, 0) is 14.6 Å². The highest BCUT2D eigenvalue weighted by molar-refractivity contribution is 7.91. The fraction of sp³-hybridized carbons (Fsp3) is 0.929. The molecule has 1 saturated carbocycles. The zero-order valence-corrected chi connectivity index (χ0v) is 12.6. The van der Waals surface area contributed by atoms with Gasteiger partial charge in [0, 0.05) is 0 Å². The third-order valence-electron chi connectivity index (χ3n) is 5.31. The van der Waals surface area contributed by atoms with E-state index in [1.807, 2.05) is 0 Å². The number of rotatable bonds is 3. The summed E-state index contributed by atoms with van der Waals surface area (Å²) in [5, 5.41) is 9.65. The number of aliphatic carboxylic acids is 1. The summed E-state index contributed by atoms with van der Waals surface area (Å²) in [5.74, 6) is 0.455. The molecule has 1 heterocycles. The average Bonchev–Trinajstić information content (AvgIpc) is 2.69. The number of carbonyl (C=O) groups is 1. The van der Waals surface area contributed by atoms with Crippen LogP contribution in [0, 0.1) is 23.2 Å². The van der Waals surface area contributed by atoms with E-state index in [2.05, 4.69) is 13.8 Å². The zero-order valence-electron chi connectivity index (χ0n) is 11.8. The van der Waals surface area contributed by atoms with Gasteiger partial charge >= 0.3 is 5.97 Å². The minimum atomic E-state index is -3.01. The molecule has 0 radical (unpaired) electrons. The maximum Gasteiger partial charge on any atom is 0.309 e. The van der Waals surface area contributed by atoms with Gasteiger partial charge in [-0.3, -0.25) is 4.79 Å². The smallest absolute Gasteiger partial charge is 0.309 e. The Hall–Kier alpha value is -0.580. The van der Waals surface area contributed by atoms with Gasteiger partial charge in [-0.25, -0.2) is 8.42 Å². The summed E-state index contributed by atoms with van der Waals surface area (Å²) >= 11 is 0. The average molecular weight is 288 g/mol. The summed E-state index contributed by atoms with van der Waals surface area (Å²) in [6.07, 6.45) is 3.65. The first-order valence-corrected chi connectivity index (χ1v) is 9.03. The molecule has 2 fully saturated rings. The van der Waals surface area contributed by atoms with Gasteiger partial charge in [-0.05, 0) is 49.9 Å². The SMILES string of the molecule is CC(C)C1CCC(C(=O)O)(C2CCS(=O)(=O)C2)CC1. The third-order valence-corrected chi connectivity index (χ3v) is 7.07. The van der Waals surface area contributed by atoms with Gasteiger partial charge in [0.25, 0.3) is 0 Å². The lowest BCUT2D eigenvalue weighted by Crippen LogP contribution is -2.43. The molecule has 2 rings (SSSR count). The van der Waals surface area contributed by atoms with E-state index in [1.165, 1.54) is 0 Å². The lowest BCUT2D eigenvalue weighted by Gasteiger charge is -2.41. The summed E-state index contributed by atoms with van der Waals surface area (Å²) in [6.45, 7) is 4.36. The first-order valence-electron chi connectivity index (χ1n) is 7.21. The van der Waals surface area contributed by atoms with E-state index in [0.29, 0.717) is 31.1 Å². The molecule has 1 unspecified atom stereocenters. The van der Waals surface area contributed by atoms with Gasteiger partial charge in [0.15, 0.2) is 9.84 Å². The van der Waals surface area contributed by atoms with Gasteiger partial charge in [0.05, 0.1) is 16.9 Å². The lowest BCUT2D eigenvalue weighted by atomic mass is 9.62. The predicted molar refractivity (Wildman–Crippen MR) is 73.6 cm³/mol. The van der Waals surface area contributed by atoms with Crippen LogP contribution >= 0.6 is 0 Å². The molecule has 1 saturated heterocycles. The van der Waals surface area contributed by atoms with Crippen LogP contribution in [0.2, 0.25) is 0 Å². The molecule has 19 heavy (non-hydrogen) atoms. The number of carboxylic acid groups (broad SMARTS) is 1. The van der Waals surface area contributed by atoms with E-state index < -0.39 is 21.2 Å².